The molecule has 1 aromatic heterocycles. The fourth-order valence-electron chi connectivity index (χ4n) is 2.75. The van der Waals surface area contributed by atoms with Crippen molar-refractivity contribution in [3.8, 4) is 11.5 Å². The van der Waals surface area contributed by atoms with Crippen molar-refractivity contribution in [2.75, 3.05) is 0 Å². The van der Waals surface area contributed by atoms with Crippen LogP contribution >= 0.6 is 0 Å². The summed E-state index contributed by atoms with van der Waals surface area (Å²) in [5.41, 5.74) is 1.73. The molecule has 0 unspecified atom stereocenters. The summed E-state index contributed by atoms with van der Waals surface area (Å²) in [6.45, 7) is 0. The number of aromatic hydroxyl groups is 1. The number of esters is 1. The number of ether oxygens (including phenoxy) is 1. The van der Waals surface area contributed by atoms with Gasteiger partial charge in [0.15, 0.2) is 0 Å². The molecule has 0 spiro atoms. The number of benzene rings is 3. The second kappa shape index (κ2) is 5.66. The van der Waals surface area contributed by atoms with Crippen LogP contribution in [0.1, 0.15) is 10.4 Å². The summed E-state index contributed by atoms with van der Waals surface area (Å²) in [4.78, 5) is 17.4. The van der Waals surface area contributed by atoms with Crippen LogP contribution in [0.15, 0.2) is 72.8 Å². The van der Waals surface area contributed by atoms with Crippen molar-refractivity contribution >= 4 is 27.8 Å². The molecule has 0 aliphatic rings. The lowest BCUT2D eigenvalue weighted by Gasteiger charge is -2.11. The van der Waals surface area contributed by atoms with E-state index in [9.17, 15) is 9.90 Å². The minimum atomic E-state index is -0.476. The van der Waals surface area contributed by atoms with Crippen LogP contribution in [0.5, 0.6) is 11.5 Å². The van der Waals surface area contributed by atoms with E-state index in [1.165, 1.54) is 6.07 Å². The number of phenolic OH excluding ortho intramolecular Hbond substituents is 1. The van der Waals surface area contributed by atoms with Gasteiger partial charge in [-0.1, -0.05) is 36.4 Å². The molecule has 4 rings (SSSR count). The van der Waals surface area contributed by atoms with Gasteiger partial charge in [0.2, 0.25) is 0 Å². The first-order valence-corrected chi connectivity index (χ1v) is 7.51. The molecule has 0 bridgehead atoms. The standard InChI is InChI=1S/C20H13NO3/c22-13-10-11-18-16(12-13)19(15-8-4-5-9-17(15)21-18)20(23)24-14-6-2-1-3-7-14/h1-12,22H. The Labute approximate surface area is 138 Å². The van der Waals surface area contributed by atoms with Gasteiger partial charge in [0.25, 0.3) is 0 Å². The summed E-state index contributed by atoms with van der Waals surface area (Å²) < 4.78 is 5.51. The molecule has 0 saturated carbocycles. The largest absolute Gasteiger partial charge is 0.508 e. The Morgan fingerprint density at radius 2 is 1.54 bits per heavy atom. The molecular weight excluding hydrogens is 302 g/mol. The van der Waals surface area contributed by atoms with Gasteiger partial charge in [0.05, 0.1) is 16.6 Å². The van der Waals surface area contributed by atoms with E-state index in [2.05, 4.69) is 4.98 Å². The molecule has 0 aliphatic carbocycles. The fraction of sp³-hybridized carbons (Fsp3) is 0. The third kappa shape index (κ3) is 2.44. The third-order valence-corrected chi connectivity index (χ3v) is 3.82. The maximum absolute atomic E-state index is 12.8. The highest BCUT2D eigenvalue weighted by Crippen LogP contribution is 2.29. The van der Waals surface area contributed by atoms with E-state index in [4.69, 9.17) is 4.74 Å². The highest BCUT2D eigenvalue weighted by molar-refractivity contribution is 6.15. The molecule has 4 heteroatoms. The lowest BCUT2D eigenvalue weighted by molar-refractivity contribution is 0.0739. The lowest BCUT2D eigenvalue weighted by atomic mass is 10.0. The minimum absolute atomic E-state index is 0.0772. The summed E-state index contributed by atoms with van der Waals surface area (Å²) in [7, 11) is 0. The van der Waals surface area contributed by atoms with Gasteiger partial charge in [0.1, 0.15) is 11.5 Å². The average Bonchev–Trinajstić information content (AvgIpc) is 2.60. The molecule has 4 nitrogen and oxygen atoms in total. The molecule has 0 fully saturated rings. The van der Waals surface area contributed by atoms with Gasteiger partial charge in [-0.2, -0.15) is 0 Å². The molecule has 0 atom stereocenters. The van der Waals surface area contributed by atoms with Gasteiger partial charge < -0.3 is 9.84 Å². The number of para-hydroxylation sites is 2. The zero-order chi connectivity index (χ0) is 16.5. The van der Waals surface area contributed by atoms with Gasteiger partial charge in [0, 0.05) is 10.8 Å². The molecule has 4 aromatic rings. The Kier molecular flexibility index (Phi) is 3.35. The molecule has 24 heavy (non-hydrogen) atoms. The topological polar surface area (TPSA) is 59.4 Å². The predicted molar refractivity (Wildman–Crippen MR) is 92.3 cm³/mol. The molecule has 0 saturated heterocycles. The van der Waals surface area contributed by atoms with Crippen LogP contribution in [0.4, 0.5) is 0 Å². The van der Waals surface area contributed by atoms with Gasteiger partial charge in [-0.15, -0.1) is 0 Å². The number of fused-ring (bicyclic) bond motifs is 2. The molecular formula is C20H13NO3. The molecule has 1 heterocycles. The van der Waals surface area contributed by atoms with E-state index in [1.807, 2.05) is 30.3 Å². The van der Waals surface area contributed by atoms with Crippen LogP contribution < -0.4 is 4.74 Å². The zero-order valence-electron chi connectivity index (χ0n) is 12.6. The number of rotatable bonds is 2. The van der Waals surface area contributed by atoms with Gasteiger partial charge in [-0.3, -0.25) is 0 Å². The number of pyridine rings is 1. The SMILES string of the molecule is O=C(Oc1ccccc1)c1c2ccccc2nc2ccc(O)cc12. The normalized spacial score (nSPS) is 10.8. The number of carbonyl (C=O) groups excluding carboxylic acids is 1. The number of phenols is 1. The lowest BCUT2D eigenvalue weighted by Crippen LogP contribution is -2.10. The Balaban J connectivity index is 1.96. The van der Waals surface area contributed by atoms with Crippen molar-refractivity contribution in [1.82, 2.24) is 4.98 Å². The van der Waals surface area contributed by atoms with Gasteiger partial charge >= 0.3 is 5.97 Å². The molecule has 3 aromatic carbocycles. The molecule has 0 aliphatic heterocycles. The average molecular weight is 315 g/mol. The van der Waals surface area contributed by atoms with E-state index in [0.29, 0.717) is 33.1 Å². The molecule has 116 valence electrons. The monoisotopic (exact) mass is 315 g/mol. The Morgan fingerprint density at radius 1 is 0.833 bits per heavy atom. The number of hydrogen-bond acceptors (Lipinski definition) is 4. The molecule has 1 N–H and O–H groups in total. The fourth-order valence-corrected chi connectivity index (χ4v) is 2.75. The van der Waals surface area contributed by atoms with Crippen molar-refractivity contribution in [3.63, 3.8) is 0 Å². The number of carbonyl (C=O) groups is 1. The van der Waals surface area contributed by atoms with Crippen LogP contribution in [-0.2, 0) is 0 Å². The van der Waals surface area contributed by atoms with Crippen LogP contribution in [0, 0.1) is 0 Å². The van der Waals surface area contributed by atoms with Crippen LogP contribution in [0.25, 0.3) is 21.8 Å². The maximum atomic E-state index is 12.8. The Bertz CT molecular complexity index is 1060. The summed E-state index contributed by atoms with van der Waals surface area (Å²) in [6.07, 6.45) is 0. The van der Waals surface area contributed by atoms with Crippen molar-refractivity contribution in [3.05, 3.63) is 78.4 Å². The van der Waals surface area contributed by atoms with E-state index in [0.717, 1.165) is 0 Å². The Morgan fingerprint density at radius 3 is 2.38 bits per heavy atom. The summed E-state index contributed by atoms with van der Waals surface area (Å²) in [5, 5.41) is 11.1. The van der Waals surface area contributed by atoms with E-state index >= 15 is 0 Å². The van der Waals surface area contributed by atoms with Crippen molar-refractivity contribution < 1.29 is 14.6 Å². The quantitative estimate of drug-likeness (QED) is 0.340. The summed E-state index contributed by atoms with van der Waals surface area (Å²) in [6, 6.07) is 21.1. The van der Waals surface area contributed by atoms with Crippen LogP contribution in [0.3, 0.4) is 0 Å². The van der Waals surface area contributed by atoms with Crippen molar-refractivity contribution in [2.24, 2.45) is 0 Å². The van der Waals surface area contributed by atoms with Crippen molar-refractivity contribution in [2.45, 2.75) is 0 Å². The first-order valence-electron chi connectivity index (χ1n) is 7.51. The number of aromatic nitrogens is 1. The number of hydrogen-bond donors (Lipinski definition) is 1. The summed E-state index contributed by atoms with van der Waals surface area (Å²) >= 11 is 0. The van der Waals surface area contributed by atoms with E-state index < -0.39 is 5.97 Å². The Hall–Kier alpha value is -3.40. The number of nitrogens with zero attached hydrogens (tertiary/aromatic N) is 1. The highest BCUT2D eigenvalue weighted by Gasteiger charge is 2.18. The van der Waals surface area contributed by atoms with Crippen LogP contribution in [-0.4, -0.2) is 16.1 Å². The van der Waals surface area contributed by atoms with Gasteiger partial charge in [-0.05, 0) is 36.4 Å². The summed E-state index contributed by atoms with van der Waals surface area (Å²) in [5.74, 6) is 0.0699. The first kappa shape index (κ1) is 14.2. The van der Waals surface area contributed by atoms with Crippen LogP contribution in [0.2, 0.25) is 0 Å². The second-order valence-electron chi connectivity index (χ2n) is 5.41. The van der Waals surface area contributed by atoms with Crippen molar-refractivity contribution in [1.29, 1.82) is 0 Å². The third-order valence-electron chi connectivity index (χ3n) is 3.82. The minimum Gasteiger partial charge on any atom is -0.508 e. The first-order chi connectivity index (χ1) is 11.7. The molecule has 0 amide bonds. The maximum Gasteiger partial charge on any atom is 0.344 e. The van der Waals surface area contributed by atoms with Gasteiger partial charge in [-0.25, -0.2) is 9.78 Å². The zero-order valence-corrected chi connectivity index (χ0v) is 12.6. The van der Waals surface area contributed by atoms with E-state index in [1.54, 1.807) is 36.4 Å². The smallest absolute Gasteiger partial charge is 0.344 e. The molecule has 0 radical (unpaired) electrons. The highest BCUT2D eigenvalue weighted by atomic mass is 16.5. The predicted octanol–water partition coefficient (Wildman–Crippen LogP) is 4.31. The second-order valence-corrected chi connectivity index (χ2v) is 5.41. The van der Waals surface area contributed by atoms with E-state index in [-0.39, 0.29) is 5.75 Å².